The summed E-state index contributed by atoms with van der Waals surface area (Å²) < 4.78 is 0. The molecule has 1 N–H and O–H groups in total. The van der Waals surface area contributed by atoms with Gasteiger partial charge in [0, 0.05) is 29.3 Å². The molecule has 0 spiro atoms. The minimum atomic E-state index is -0.355. The van der Waals surface area contributed by atoms with Gasteiger partial charge in [0.2, 0.25) is 0 Å². The van der Waals surface area contributed by atoms with Crippen molar-refractivity contribution in [2.75, 3.05) is 0 Å². The molecule has 1 heterocycles. The number of benzene rings is 1. The van der Waals surface area contributed by atoms with Gasteiger partial charge in [0.1, 0.15) is 0 Å². The monoisotopic (exact) mass is 270 g/mol. The Morgan fingerprint density at radius 2 is 2.30 bits per heavy atom. The summed E-state index contributed by atoms with van der Waals surface area (Å²) in [6.45, 7) is 2.24. The Bertz CT molecular complexity index is 685. The molecule has 1 atom stereocenters. The van der Waals surface area contributed by atoms with E-state index in [0.717, 1.165) is 29.7 Å². The molecule has 2 aromatic rings. The first kappa shape index (κ1) is 12.9. The number of allylic oxidation sites excluding steroid dienone is 2. The van der Waals surface area contributed by atoms with Crippen molar-refractivity contribution < 1.29 is 4.92 Å². The molecule has 3 rings (SSSR count). The van der Waals surface area contributed by atoms with Gasteiger partial charge >= 0.3 is 0 Å². The molecule has 1 aromatic carbocycles. The number of aromatic nitrogens is 1. The van der Waals surface area contributed by atoms with Crippen molar-refractivity contribution >= 4 is 22.2 Å². The van der Waals surface area contributed by atoms with Crippen LogP contribution in [-0.4, -0.2) is 9.91 Å². The second-order valence-electron chi connectivity index (χ2n) is 5.47. The van der Waals surface area contributed by atoms with Gasteiger partial charge in [-0.2, -0.15) is 0 Å². The van der Waals surface area contributed by atoms with Crippen LogP contribution in [-0.2, 0) is 0 Å². The Kier molecular flexibility index (Phi) is 3.30. The number of nitro benzene ring substituents is 1. The first-order chi connectivity index (χ1) is 9.69. The molecule has 1 aromatic heterocycles. The summed E-state index contributed by atoms with van der Waals surface area (Å²) in [7, 11) is 0. The van der Waals surface area contributed by atoms with E-state index in [2.05, 4.69) is 18.0 Å². The van der Waals surface area contributed by atoms with E-state index in [9.17, 15) is 10.1 Å². The third-order valence-corrected chi connectivity index (χ3v) is 4.32. The van der Waals surface area contributed by atoms with Crippen LogP contribution in [0.2, 0.25) is 0 Å². The van der Waals surface area contributed by atoms with E-state index in [1.807, 2.05) is 12.3 Å². The molecular weight excluding hydrogens is 252 g/mol. The normalized spacial score (nSPS) is 19.1. The number of rotatable bonds is 3. The number of nitrogens with one attached hydrogen (secondary N) is 1. The van der Waals surface area contributed by atoms with Crippen LogP contribution in [0.3, 0.4) is 0 Å². The van der Waals surface area contributed by atoms with E-state index in [4.69, 9.17) is 0 Å². The molecule has 20 heavy (non-hydrogen) atoms. The topological polar surface area (TPSA) is 58.9 Å². The van der Waals surface area contributed by atoms with Gasteiger partial charge in [-0.15, -0.1) is 0 Å². The van der Waals surface area contributed by atoms with Crippen molar-refractivity contribution in [3.05, 3.63) is 46.1 Å². The maximum absolute atomic E-state index is 10.8. The largest absolute Gasteiger partial charge is 0.360 e. The highest BCUT2D eigenvalue weighted by atomic mass is 16.6. The van der Waals surface area contributed by atoms with Gasteiger partial charge < -0.3 is 4.98 Å². The fourth-order valence-electron chi connectivity index (χ4n) is 3.00. The molecule has 1 aliphatic rings. The highest BCUT2D eigenvalue weighted by Gasteiger charge is 2.17. The zero-order chi connectivity index (χ0) is 14.1. The predicted molar refractivity (Wildman–Crippen MR) is 80.6 cm³/mol. The molecule has 0 saturated carbocycles. The summed E-state index contributed by atoms with van der Waals surface area (Å²) >= 11 is 0. The minimum Gasteiger partial charge on any atom is -0.360 e. The maximum atomic E-state index is 10.8. The first-order valence-electron chi connectivity index (χ1n) is 7.14. The van der Waals surface area contributed by atoms with E-state index >= 15 is 0 Å². The predicted octanol–water partition coefficient (Wildman–Crippen LogP) is 4.67. The smallest absolute Gasteiger partial charge is 0.271 e. The molecule has 0 bridgehead atoms. The van der Waals surface area contributed by atoms with Crippen LogP contribution in [0, 0.1) is 16.0 Å². The van der Waals surface area contributed by atoms with Crippen LogP contribution < -0.4 is 0 Å². The number of H-pyrrole nitrogens is 1. The summed E-state index contributed by atoms with van der Waals surface area (Å²) in [6, 6.07) is 5.04. The van der Waals surface area contributed by atoms with Gasteiger partial charge in [-0.3, -0.25) is 10.1 Å². The molecule has 0 aliphatic heterocycles. The number of non-ortho nitro benzene ring substituents is 1. The molecule has 0 fully saturated rings. The van der Waals surface area contributed by atoms with Gasteiger partial charge in [0.15, 0.2) is 0 Å². The zero-order valence-corrected chi connectivity index (χ0v) is 11.6. The van der Waals surface area contributed by atoms with E-state index in [0.29, 0.717) is 0 Å². The molecular formula is C16H18N2O2. The number of aromatic amines is 1. The van der Waals surface area contributed by atoms with Gasteiger partial charge in [-0.25, -0.2) is 0 Å². The summed E-state index contributed by atoms with van der Waals surface area (Å²) in [4.78, 5) is 13.6. The first-order valence-corrected chi connectivity index (χ1v) is 7.14. The van der Waals surface area contributed by atoms with Crippen LogP contribution in [0.25, 0.3) is 16.5 Å². The van der Waals surface area contributed by atoms with Crippen LogP contribution in [0.1, 0.15) is 38.2 Å². The third kappa shape index (κ3) is 2.22. The number of nitro groups is 1. The molecule has 4 nitrogen and oxygen atoms in total. The fraction of sp³-hybridized carbons (Fsp3) is 0.375. The average Bonchev–Trinajstić information content (AvgIpc) is 2.90. The van der Waals surface area contributed by atoms with Gasteiger partial charge in [-0.05, 0) is 36.8 Å². The van der Waals surface area contributed by atoms with Crippen molar-refractivity contribution in [2.45, 2.75) is 32.6 Å². The van der Waals surface area contributed by atoms with Crippen LogP contribution >= 0.6 is 0 Å². The highest BCUT2D eigenvalue weighted by molar-refractivity contribution is 5.93. The van der Waals surface area contributed by atoms with Crippen LogP contribution in [0.5, 0.6) is 0 Å². The zero-order valence-electron chi connectivity index (χ0n) is 11.6. The molecule has 1 unspecified atom stereocenters. The average molecular weight is 270 g/mol. The summed E-state index contributed by atoms with van der Waals surface area (Å²) in [6.07, 6.45) is 9.04. The lowest BCUT2D eigenvalue weighted by atomic mass is 9.85. The van der Waals surface area contributed by atoms with Gasteiger partial charge in [0.05, 0.1) is 10.4 Å². The minimum absolute atomic E-state index is 0.134. The second-order valence-corrected chi connectivity index (χ2v) is 5.47. The van der Waals surface area contributed by atoms with Gasteiger partial charge in [-0.1, -0.05) is 19.4 Å². The molecule has 0 radical (unpaired) electrons. The number of fused-ring (bicyclic) bond motifs is 1. The number of nitrogens with zero attached hydrogens (tertiary/aromatic N) is 1. The Hall–Kier alpha value is -2.10. The molecule has 1 aliphatic carbocycles. The van der Waals surface area contributed by atoms with E-state index in [1.165, 1.54) is 24.0 Å². The Balaban J connectivity index is 1.97. The van der Waals surface area contributed by atoms with E-state index in [-0.39, 0.29) is 10.6 Å². The summed E-state index contributed by atoms with van der Waals surface area (Å²) in [5.74, 6) is 0.810. The van der Waals surface area contributed by atoms with Crippen molar-refractivity contribution in [2.24, 2.45) is 5.92 Å². The van der Waals surface area contributed by atoms with E-state index < -0.39 is 0 Å². The lowest BCUT2D eigenvalue weighted by molar-refractivity contribution is -0.384. The SMILES string of the molecule is CCC1CC=C(c2c[nH]c3cc([N+](=O)[O-])ccc23)CC1. The summed E-state index contributed by atoms with van der Waals surface area (Å²) in [5, 5.41) is 11.9. The van der Waals surface area contributed by atoms with Crippen molar-refractivity contribution in [3.8, 4) is 0 Å². The van der Waals surface area contributed by atoms with E-state index in [1.54, 1.807) is 12.1 Å². The summed E-state index contributed by atoms with van der Waals surface area (Å²) in [5.41, 5.74) is 3.54. The van der Waals surface area contributed by atoms with Crippen molar-refractivity contribution in [1.29, 1.82) is 0 Å². The molecule has 0 amide bonds. The molecule has 0 saturated heterocycles. The lowest BCUT2D eigenvalue weighted by Crippen LogP contribution is -2.03. The Morgan fingerprint density at radius 3 is 2.95 bits per heavy atom. The Morgan fingerprint density at radius 1 is 1.45 bits per heavy atom. The Labute approximate surface area is 117 Å². The second kappa shape index (κ2) is 5.12. The fourth-order valence-corrected chi connectivity index (χ4v) is 3.00. The highest BCUT2D eigenvalue weighted by Crippen LogP contribution is 2.35. The number of hydrogen-bond donors (Lipinski definition) is 1. The number of hydrogen-bond acceptors (Lipinski definition) is 2. The quantitative estimate of drug-likeness (QED) is 0.650. The lowest BCUT2D eigenvalue weighted by Gasteiger charge is -2.20. The van der Waals surface area contributed by atoms with Crippen LogP contribution in [0.15, 0.2) is 30.5 Å². The third-order valence-electron chi connectivity index (χ3n) is 4.32. The van der Waals surface area contributed by atoms with Gasteiger partial charge in [0.25, 0.3) is 5.69 Å². The molecule has 104 valence electrons. The molecule has 4 heteroatoms. The van der Waals surface area contributed by atoms with Crippen LogP contribution in [0.4, 0.5) is 5.69 Å². The van der Waals surface area contributed by atoms with Crippen molar-refractivity contribution in [3.63, 3.8) is 0 Å². The van der Waals surface area contributed by atoms with Crippen molar-refractivity contribution in [1.82, 2.24) is 4.98 Å². The standard InChI is InChI=1S/C16H18N2O2/c1-2-11-3-5-12(6-4-11)15-10-17-16-9-13(18(19)20)7-8-14(15)16/h5,7-11,17H,2-4,6H2,1H3. The maximum Gasteiger partial charge on any atom is 0.271 e.